The highest BCUT2D eigenvalue weighted by atomic mass is 16.6. The Kier molecular flexibility index (Phi) is 8.76. The molecule has 1 unspecified atom stereocenters. The average molecular weight is 378 g/mol. The fourth-order valence-electron chi connectivity index (χ4n) is 2.61. The number of carbonyl (C=O) groups is 2. The molecule has 6 heteroatoms. The predicted molar refractivity (Wildman–Crippen MR) is 108 cm³/mol. The van der Waals surface area contributed by atoms with Gasteiger partial charge in [0.15, 0.2) is 0 Å². The van der Waals surface area contributed by atoms with Gasteiger partial charge in [0.25, 0.3) is 0 Å². The molecule has 0 fully saturated rings. The maximum absolute atomic E-state index is 12.5. The van der Waals surface area contributed by atoms with Crippen molar-refractivity contribution in [3.8, 4) is 0 Å². The van der Waals surface area contributed by atoms with Crippen LogP contribution in [-0.2, 0) is 16.0 Å². The van der Waals surface area contributed by atoms with Crippen LogP contribution >= 0.6 is 0 Å². The van der Waals surface area contributed by atoms with E-state index in [-0.39, 0.29) is 17.9 Å². The first kappa shape index (κ1) is 23.0. The Morgan fingerprint density at radius 1 is 1.15 bits per heavy atom. The zero-order valence-corrected chi connectivity index (χ0v) is 17.5. The topological polar surface area (TPSA) is 93.5 Å². The van der Waals surface area contributed by atoms with Crippen LogP contribution in [-0.4, -0.2) is 36.2 Å². The summed E-state index contributed by atoms with van der Waals surface area (Å²) < 4.78 is 5.26. The second-order valence-corrected chi connectivity index (χ2v) is 8.52. The third-order valence-electron chi connectivity index (χ3n) is 3.87. The third kappa shape index (κ3) is 9.99. The second-order valence-electron chi connectivity index (χ2n) is 8.52. The Bertz CT molecular complexity index is 606. The van der Waals surface area contributed by atoms with E-state index in [0.29, 0.717) is 19.4 Å². The monoisotopic (exact) mass is 377 g/mol. The number of amides is 2. The van der Waals surface area contributed by atoms with Gasteiger partial charge in [-0.15, -0.1) is 0 Å². The molecule has 152 valence electrons. The van der Waals surface area contributed by atoms with E-state index in [1.807, 2.05) is 45.0 Å². The number of rotatable bonds is 8. The van der Waals surface area contributed by atoms with Crippen LogP contribution in [0.25, 0.3) is 0 Å². The SMILES string of the molecule is Cc1ccc(CC(N)CNC(=O)[C@H](CC(C)C)NC(=O)OC(C)(C)C)cc1. The van der Waals surface area contributed by atoms with Crippen LogP contribution in [0.15, 0.2) is 24.3 Å². The fourth-order valence-corrected chi connectivity index (χ4v) is 2.61. The highest BCUT2D eigenvalue weighted by Crippen LogP contribution is 2.10. The van der Waals surface area contributed by atoms with Gasteiger partial charge in [-0.3, -0.25) is 4.79 Å². The number of alkyl carbamates (subject to hydrolysis) is 1. The number of hydrogen-bond acceptors (Lipinski definition) is 4. The predicted octanol–water partition coefficient (Wildman–Crippen LogP) is 2.92. The van der Waals surface area contributed by atoms with E-state index < -0.39 is 17.7 Å². The number of nitrogens with one attached hydrogen (secondary N) is 2. The number of aryl methyl sites for hydroxylation is 1. The number of ether oxygens (including phenoxy) is 1. The summed E-state index contributed by atoms with van der Waals surface area (Å²) in [6, 6.07) is 7.34. The molecule has 0 saturated heterocycles. The minimum Gasteiger partial charge on any atom is -0.444 e. The van der Waals surface area contributed by atoms with E-state index >= 15 is 0 Å². The number of hydrogen-bond donors (Lipinski definition) is 3. The molecule has 0 aliphatic heterocycles. The van der Waals surface area contributed by atoms with Gasteiger partial charge in [-0.25, -0.2) is 4.79 Å². The molecule has 0 saturated carbocycles. The maximum Gasteiger partial charge on any atom is 0.408 e. The molecule has 6 nitrogen and oxygen atoms in total. The van der Waals surface area contributed by atoms with Crippen LogP contribution in [0.1, 0.15) is 52.2 Å². The van der Waals surface area contributed by atoms with Gasteiger partial charge < -0.3 is 21.1 Å². The Morgan fingerprint density at radius 2 is 1.74 bits per heavy atom. The molecule has 4 N–H and O–H groups in total. The Morgan fingerprint density at radius 3 is 2.26 bits per heavy atom. The van der Waals surface area contributed by atoms with Gasteiger partial charge in [0, 0.05) is 12.6 Å². The summed E-state index contributed by atoms with van der Waals surface area (Å²) in [6.07, 6.45) is 0.611. The largest absolute Gasteiger partial charge is 0.444 e. The molecule has 0 bridgehead atoms. The van der Waals surface area contributed by atoms with Crippen LogP contribution in [0, 0.1) is 12.8 Å². The zero-order valence-electron chi connectivity index (χ0n) is 17.5. The number of nitrogens with two attached hydrogens (primary N) is 1. The van der Waals surface area contributed by atoms with Gasteiger partial charge in [0.05, 0.1) is 0 Å². The molecule has 2 atom stereocenters. The third-order valence-corrected chi connectivity index (χ3v) is 3.87. The molecule has 0 heterocycles. The summed E-state index contributed by atoms with van der Waals surface area (Å²) in [6.45, 7) is 11.7. The van der Waals surface area contributed by atoms with Gasteiger partial charge in [-0.1, -0.05) is 43.7 Å². The van der Waals surface area contributed by atoms with E-state index in [2.05, 4.69) is 10.6 Å². The first-order chi connectivity index (χ1) is 12.5. The van der Waals surface area contributed by atoms with Crippen molar-refractivity contribution in [2.45, 2.75) is 72.1 Å². The first-order valence-electron chi connectivity index (χ1n) is 9.54. The lowest BCUT2D eigenvalue weighted by Crippen LogP contribution is -2.51. The summed E-state index contributed by atoms with van der Waals surface area (Å²) in [5.74, 6) is 0.00540. The molecule has 1 aromatic rings. The van der Waals surface area contributed by atoms with Crippen molar-refractivity contribution in [2.75, 3.05) is 6.54 Å². The van der Waals surface area contributed by atoms with Gasteiger partial charge in [0.2, 0.25) is 5.91 Å². The molecule has 0 aliphatic rings. The number of benzene rings is 1. The van der Waals surface area contributed by atoms with Gasteiger partial charge in [0.1, 0.15) is 11.6 Å². The number of carbonyl (C=O) groups excluding carboxylic acids is 2. The second kappa shape index (κ2) is 10.3. The molecule has 0 aromatic heterocycles. The molecule has 1 rings (SSSR count). The average Bonchev–Trinajstić information content (AvgIpc) is 2.52. The first-order valence-corrected chi connectivity index (χ1v) is 9.54. The van der Waals surface area contributed by atoms with Crippen molar-refractivity contribution in [1.29, 1.82) is 0 Å². The van der Waals surface area contributed by atoms with Crippen LogP contribution in [0.2, 0.25) is 0 Å². The van der Waals surface area contributed by atoms with E-state index in [0.717, 1.165) is 5.56 Å². The summed E-state index contributed by atoms with van der Waals surface area (Å²) in [4.78, 5) is 24.6. The highest BCUT2D eigenvalue weighted by molar-refractivity contribution is 5.85. The van der Waals surface area contributed by atoms with Crippen molar-refractivity contribution in [2.24, 2.45) is 11.7 Å². The Labute approximate surface area is 163 Å². The molecule has 0 spiro atoms. The smallest absolute Gasteiger partial charge is 0.408 e. The summed E-state index contributed by atoms with van der Waals surface area (Å²) in [7, 11) is 0. The summed E-state index contributed by atoms with van der Waals surface area (Å²) in [5.41, 5.74) is 7.87. The normalized spacial score (nSPS) is 13.8. The van der Waals surface area contributed by atoms with Gasteiger partial charge in [-0.2, -0.15) is 0 Å². The van der Waals surface area contributed by atoms with Crippen LogP contribution < -0.4 is 16.4 Å². The molecule has 2 amide bonds. The van der Waals surface area contributed by atoms with E-state index in [1.165, 1.54) is 5.56 Å². The van der Waals surface area contributed by atoms with Crippen molar-refractivity contribution in [3.05, 3.63) is 35.4 Å². The van der Waals surface area contributed by atoms with Crippen molar-refractivity contribution in [1.82, 2.24) is 10.6 Å². The fraction of sp³-hybridized carbons (Fsp3) is 0.619. The van der Waals surface area contributed by atoms with Crippen LogP contribution in [0.5, 0.6) is 0 Å². The van der Waals surface area contributed by atoms with Crippen molar-refractivity contribution < 1.29 is 14.3 Å². The van der Waals surface area contributed by atoms with E-state index in [4.69, 9.17) is 10.5 Å². The highest BCUT2D eigenvalue weighted by Gasteiger charge is 2.25. The van der Waals surface area contributed by atoms with Gasteiger partial charge in [-0.05, 0) is 52.0 Å². The molecule has 0 radical (unpaired) electrons. The lowest BCUT2D eigenvalue weighted by molar-refractivity contribution is -0.123. The van der Waals surface area contributed by atoms with Crippen molar-refractivity contribution >= 4 is 12.0 Å². The lowest BCUT2D eigenvalue weighted by Gasteiger charge is -2.24. The maximum atomic E-state index is 12.5. The van der Waals surface area contributed by atoms with Crippen LogP contribution in [0.3, 0.4) is 0 Å². The van der Waals surface area contributed by atoms with E-state index in [9.17, 15) is 9.59 Å². The molecule has 1 aromatic carbocycles. The zero-order chi connectivity index (χ0) is 20.6. The van der Waals surface area contributed by atoms with Crippen LogP contribution in [0.4, 0.5) is 4.79 Å². The minimum atomic E-state index is -0.647. The summed E-state index contributed by atoms with van der Waals surface area (Å²) >= 11 is 0. The molecule has 0 aliphatic carbocycles. The van der Waals surface area contributed by atoms with E-state index in [1.54, 1.807) is 20.8 Å². The van der Waals surface area contributed by atoms with Crippen molar-refractivity contribution in [3.63, 3.8) is 0 Å². The summed E-state index contributed by atoms with van der Waals surface area (Å²) in [5, 5.41) is 5.52. The molecular formula is C21H35N3O3. The Hall–Kier alpha value is -2.08. The Balaban J connectivity index is 2.56. The van der Waals surface area contributed by atoms with Gasteiger partial charge >= 0.3 is 6.09 Å². The molecular weight excluding hydrogens is 342 g/mol. The lowest BCUT2D eigenvalue weighted by atomic mass is 10.0. The standard InChI is InChI=1S/C21H35N3O3/c1-14(2)11-18(24-20(26)27-21(4,5)6)19(25)23-13-17(22)12-16-9-7-15(3)8-10-16/h7-10,14,17-18H,11-13,22H2,1-6H3,(H,23,25)(H,24,26)/t17?,18-/m0/s1. The molecule has 27 heavy (non-hydrogen) atoms. The quantitative estimate of drug-likeness (QED) is 0.649. The minimum absolute atomic E-state index is 0.196.